The number of anilines is 1. The molecule has 4 nitrogen and oxygen atoms in total. The third-order valence-corrected chi connectivity index (χ3v) is 5.54. The fraction of sp³-hybridized carbons (Fsp3) is 0.185. The van der Waals surface area contributed by atoms with Gasteiger partial charge in [-0.15, -0.1) is 0 Å². The van der Waals surface area contributed by atoms with E-state index in [1.165, 1.54) is 5.56 Å². The smallest absolute Gasteiger partial charge is 0.252 e. The van der Waals surface area contributed by atoms with Crippen LogP contribution in [0.1, 0.15) is 53.8 Å². The standard InChI is InChI=1S/C27H27N3O/c1-3-24(21-14-8-5-9-15-21)30-27(31)23-18-26(29-25-17-11-10-16-22(23)25)28-19(2)20-12-6-4-7-13-20/h4-19,24H,3H2,1-2H3,(H,28,29)(H,30,31)/t19-,24?/m0/s1. The topological polar surface area (TPSA) is 54.0 Å². The van der Waals surface area contributed by atoms with E-state index >= 15 is 0 Å². The lowest BCUT2D eigenvalue weighted by atomic mass is 10.0. The average Bonchev–Trinajstić information content (AvgIpc) is 2.83. The summed E-state index contributed by atoms with van der Waals surface area (Å²) in [6, 6.07) is 30.0. The van der Waals surface area contributed by atoms with Crippen molar-refractivity contribution in [2.75, 3.05) is 5.32 Å². The van der Waals surface area contributed by atoms with Crippen molar-refractivity contribution in [3.63, 3.8) is 0 Å². The van der Waals surface area contributed by atoms with E-state index in [-0.39, 0.29) is 18.0 Å². The van der Waals surface area contributed by atoms with Gasteiger partial charge in [0.25, 0.3) is 5.91 Å². The summed E-state index contributed by atoms with van der Waals surface area (Å²) < 4.78 is 0. The molecule has 156 valence electrons. The molecule has 2 N–H and O–H groups in total. The van der Waals surface area contributed by atoms with Gasteiger partial charge < -0.3 is 10.6 Å². The molecule has 3 aromatic carbocycles. The summed E-state index contributed by atoms with van der Waals surface area (Å²) >= 11 is 0. The van der Waals surface area contributed by atoms with Crippen molar-refractivity contribution in [3.05, 3.63) is 108 Å². The maximum absolute atomic E-state index is 13.3. The Hall–Kier alpha value is -3.66. The second-order valence-electron chi connectivity index (χ2n) is 7.69. The van der Waals surface area contributed by atoms with Gasteiger partial charge in [-0.05, 0) is 36.6 Å². The molecule has 4 aromatic rings. The summed E-state index contributed by atoms with van der Waals surface area (Å²) in [7, 11) is 0. The molecule has 1 heterocycles. The highest BCUT2D eigenvalue weighted by Crippen LogP contribution is 2.25. The highest BCUT2D eigenvalue weighted by atomic mass is 16.1. The van der Waals surface area contributed by atoms with E-state index in [9.17, 15) is 4.79 Å². The van der Waals surface area contributed by atoms with Crippen molar-refractivity contribution in [2.24, 2.45) is 0 Å². The molecular formula is C27H27N3O. The Morgan fingerprint density at radius 1 is 0.871 bits per heavy atom. The molecule has 2 atom stereocenters. The number of amides is 1. The highest BCUT2D eigenvalue weighted by Gasteiger charge is 2.18. The summed E-state index contributed by atoms with van der Waals surface area (Å²) in [5, 5.41) is 7.51. The number of carbonyl (C=O) groups is 1. The van der Waals surface area contributed by atoms with Crippen LogP contribution in [0.2, 0.25) is 0 Å². The number of carbonyl (C=O) groups excluding carboxylic acids is 1. The minimum absolute atomic E-state index is 0.0414. The fourth-order valence-electron chi connectivity index (χ4n) is 3.83. The third-order valence-electron chi connectivity index (χ3n) is 5.54. The van der Waals surface area contributed by atoms with Gasteiger partial charge in [-0.2, -0.15) is 0 Å². The molecule has 4 heteroatoms. The van der Waals surface area contributed by atoms with Gasteiger partial charge in [0.05, 0.1) is 17.1 Å². The first kappa shape index (κ1) is 20.6. The zero-order valence-electron chi connectivity index (χ0n) is 17.9. The minimum Gasteiger partial charge on any atom is -0.364 e. The minimum atomic E-state index is -0.0929. The van der Waals surface area contributed by atoms with Crippen molar-refractivity contribution in [2.45, 2.75) is 32.4 Å². The quantitative estimate of drug-likeness (QED) is 0.377. The van der Waals surface area contributed by atoms with Crippen LogP contribution in [0.4, 0.5) is 5.82 Å². The van der Waals surface area contributed by atoms with E-state index in [1.54, 1.807) is 0 Å². The van der Waals surface area contributed by atoms with Crippen molar-refractivity contribution in [1.29, 1.82) is 0 Å². The first-order chi connectivity index (χ1) is 15.2. The van der Waals surface area contributed by atoms with Gasteiger partial charge in [-0.25, -0.2) is 4.98 Å². The fourth-order valence-corrected chi connectivity index (χ4v) is 3.83. The number of para-hydroxylation sites is 1. The number of hydrogen-bond acceptors (Lipinski definition) is 3. The SMILES string of the molecule is CCC(NC(=O)c1cc(N[C@@H](C)c2ccccc2)nc2ccccc12)c1ccccc1. The third kappa shape index (κ3) is 4.75. The van der Waals surface area contributed by atoms with Gasteiger partial charge in [0, 0.05) is 11.4 Å². The molecule has 0 bridgehead atoms. The average molecular weight is 410 g/mol. The van der Waals surface area contributed by atoms with E-state index in [1.807, 2.05) is 78.9 Å². The summed E-state index contributed by atoms with van der Waals surface area (Å²) in [5.41, 5.74) is 3.69. The lowest BCUT2D eigenvalue weighted by Crippen LogP contribution is -2.28. The number of benzene rings is 3. The van der Waals surface area contributed by atoms with Gasteiger partial charge in [0.1, 0.15) is 5.82 Å². The lowest BCUT2D eigenvalue weighted by Gasteiger charge is -2.20. The largest absolute Gasteiger partial charge is 0.364 e. The van der Waals surface area contributed by atoms with Gasteiger partial charge in [0.15, 0.2) is 0 Å². The Kier molecular flexibility index (Phi) is 6.27. The molecule has 31 heavy (non-hydrogen) atoms. The lowest BCUT2D eigenvalue weighted by molar-refractivity contribution is 0.0937. The molecule has 4 rings (SSSR count). The molecule has 0 saturated heterocycles. The molecular weight excluding hydrogens is 382 g/mol. The van der Waals surface area contributed by atoms with E-state index in [4.69, 9.17) is 4.98 Å². The van der Waals surface area contributed by atoms with Crippen LogP contribution in [0.5, 0.6) is 0 Å². The van der Waals surface area contributed by atoms with Crippen LogP contribution in [0, 0.1) is 0 Å². The summed E-state index contributed by atoms with van der Waals surface area (Å²) in [6.45, 7) is 4.17. The maximum Gasteiger partial charge on any atom is 0.252 e. The van der Waals surface area contributed by atoms with E-state index < -0.39 is 0 Å². The summed E-state index contributed by atoms with van der Waals surface area (Å²) in [6.07, 6.45) is 0.814. The van der Waals surface area contributed by atoms with E-state index in [2.05, 4.69) is 36.6 Å². The number of pyridine rings is 1. The van der Waals surface area contributed by atoms with E-state index in [0.29, 0.717) is 11.4 Å². The number of aromatic nitrogens is 1. The van der Waals surface area contributed by atoms with Crippen LogP contribution >= 0.6 is 0 Å². The van der Waals surface area contributed by atoms with Crippen molar-refractivity contribution >= 4 is 22.6 Å². The monoisotopic (exact) mass is 409 g/mol. The predicted octanol–water partition coefficient (Wildman–Crippen LogP) is 6.29. The van der Waals surface area contributed by atoms with Gasteiger partial charge in [-0.1, -0.05) is 85.8 Å². The molecule has 1 aromatic heterocycles. The zero-order chi connectivity index (χ0) is 21.6. The Morgan fingerprint density at radius 3 is 2.16 bits per heavy atom. The molecule has 0 radical (unpaired) electrons. The number of hydrogen-bond donors (Lipinski definition) is 2. The Bertz CT molecular complexity index is 1160. The molecule has 0 spiro atoms. The zero-order valence-corrected chi connectivity index (χ0v) is 17.9. The molecule has 1 unspecified atom stereocenters. The number of rotatable bonds is 7. The number of nitrogens with one attached hydrogen (secondary N) is 2. The van der Waals surface area contributed by atoms with Crippen molar-refractivity contribution in [3.8, 4) is 0 Å². The molecule has 0 saturated carbocycles. The first-order valence-electron chi connectivity index (χ1n) is 10.7. The Morgan fingerprint density at radius 2 is 1.48 bits per heavy atom. The normalized spacial score (nSPS) is 12.8. The summed E-state index contributed by atoms with van der Waals surface area (Å²) in [4.78, 5) is 18.1. The second-order valence-corrected chi connectivity index (χ2v) is 7.69. The predicted molar refractivity (Wildman–Crippen MR) is 127 cm³/mol. The number of fused-ring (bicyclic) bond motifs is 1. The van der Waals surface area contributed by atoms with Crippen LogP contribution in [0.25, 0.3) is 10.9 Å². The van der Waals surface area contributed by atoms with Crippen LogP contribution < -0.4 is 10.6 Å². The highest BCUT2D eigenvalue weighted by molar-refractivity contribution is 6.07. The Labute approximate surface area is 183 Å². The van der Waals surface area contributed by atoms with Crippen LogP contribution in [-0.4, -0.2) is 10.9 Å². The van der Waals surface area contributed by atoms with Gasteiger partial charge in [0.2, 0.25) is 0 Å². The van der Waals surface area contributed by atoms with Crippen molar-refractivity contribution < 1.29 is 4.79 Å². The molecule has 0 aliphatic rings. The van der Waals surface area contributed by atoms with Crippen LogP contribution in [0.15, 0.2) is 91.0 Å². The molecule has 0 fully saturated rings. The molecule has 0 aliphatic heterocycles. The Balaban J connectivity index is 1.65. The van der Waals surface area contributed by atoms with Crippen LogP contribution in [-0.2, 0) is 0 Å². The summed E-state index contributed by atoms with van der Waals surface area (Å²) in [5.74, 6) is 0.595. The van der Waals surface area contributed by atoms with E-state index in [0.717, 1.165) is 22.9 Å². The van der Waals surface area contributed by atoms with Gasteiger partial charge >= 0.3 is 0 Å². The molecule has 1 amide bonds. The van der Waals surface area contributed by atoms with Gasteiger partial charge in [-0.3, -0.25) is 4.79 Å². The van der Waals surface area contributed by atoms with Crippen LogP contribution in [0.3, 0.4) is 0 Å². The first-order valence-corrected chi connectivity index (χ1v) is 10.7. The molecule has 0 aliphatic carbocycles. The maximum atomic E-state index is 13.3. The van der Waals surface area contributed by atoms with Crippen molar-refractivity contribution in [1.82, 2.24) is 10.3 Å². The number of nitrogens with zero attached hydrogens (tertiary/aromatic N) is 1. The second kappa shape index (κ2) is 9.43.